The van der Waals surface area contributed by atoms with E-state index in [1.807, 2.05) is 0 Å². The summed E-state index contributed by atoms with van der Waals surface area (Å²) in [6.07, 6.45) is 1.47. The lowest BCUT2D eigenvalue weighted by molar-refractivity contribution is -0.146. The number of hydrogen-bond acceptors (Lipinski definition) is 4. The van der Waals surface area contributed by atoms with Gasteiger partial charge in [0.15, 0.2) is 0 Å². The fourth-order valence-electron chi connectivity index (χ4n) is 2.48. The number of benzene rings is 1. The highest BCUT2D eigenvalue weighted by Crippen LogP contribution is 2.23. The van der Waals surface area contributed by atoms with Crippen LogP contribution in [0.25, 0.3) is 0 Å². The summed E-state index contributed by atoms with van der Waals surface area (Å²) in [5.74, 6) is 0.892. The highest BCUT2D eigenvalue weighted by atomic mass is 35.5. The number of carbonyl (C=O) groups is 1. The molecule has 1 amide bonds. The third kappa shape index (κ3) is 5.16. The monoisotopic (exact) mass is 344 g/mol. The number of nitrogens with one attached hydrogen (secondary N) is 2. The van der Waals surface area contributed by atoms with Crippen LogP contribution in [0.4, 0.5) is 0 Å². The van der Waals surface area contributed by atoms with Crippen molar-refractivity contribution in [3.8, 4) is 0 Å². The van der Waals surface area contributed by atoms with E-state index in [1.165, 1.54) is 10.5 Å². The van der Waals surface area contributed by atoms with Crippen LogP contribution in [0.5, 0.6) is 0 Å². The van der Waals surface area contributed by atoms with Crippen LogP contribution in [-0.4, -0.2) is 44.0 Å². The second-order valence-electron chi connectivity index (χ2n) is 5.37. The van der Waals surface area contributed by atoms with E-state index in [2.05, 4.69) is 41.8 Å². The summed E-state index contributed by atoms with van der Waals surface area (Å²) in [7, 11) is 1.63. The molecule has 124 valence electrons. The molecule has 1 aliphatic rings. The largest absolute Gasteiger partial charge is 0.368 e. The third-order valence-electron chi connectivity index (χ3n) is 3.89. The Kier molecular flexibility index (Phi) is 8.25. The molecule has 0 aliphatic carbocycles. The topological polar surface area (TPSA) is 50.4 Å². The molecule has 0 aromatic heterocycles. The zero-order valence-corrected chi connectivity index (χ0v) is 14.8. The summed E-state index contributed by atoms with van der Waals surface area (Å²) < 4.78 is 5.51. The molecule has 1 saturated heterocycles. The number of halogens is 1. The molecule has 2 N–H and O–H groups in total. The summed E-state index contributed by atoms with van der Waals surface area (Å²) in [6.45, 7) is 4.41. The number of thioether (sulfide) groups is 1. The minimum absolute atomic E-state index is 0. The lowest BCUT2D eigenvalue weighted by Gasteiger charge is -2.34. The normalized spacial score (nSPS) is 16.6. The maximum Gasteiger partial charge on any atom is 0.252 e. The van der Waals surface area contributed by atoms with Crippen LogP contribution >= 0.6 is 24.2 Å². The molecule has 2 rings (SSSR count). The van der Waals surface area contributed by atoms with Gasteiger partial charge in [0.2, 0.25) is 0 Å². The summed E-state index contributed by atoms with van der Waals surface area (Å²) >= 11 is 1.76. The molecule has 0 bridgehead atoms. The van der Waals surface area contributed by atoms with Crippen molar-refractivity contribution in [1.82, 2.24) is 10.6 Å². The Morgan fingerprint density at radius 1 is 1.32 bits per heavy atom. The van der Waals surface area contributed by atoms with Gasteiger partial charge in [0.1, 0.15) is 5.60 Å². The van der Waals surface area contributed by atoms with Gasteiger partial charge >= 0.3 is 0 Å². The Balaban J connectivity index is 0.00000242. The van der Waals surface area contributed by atoms with Gasteiger partial charge in [-0.05, 0) is 45.0 Å². The predicted octanol–water partition coefficient (Wildman–Crippen LogP) is 2.39. The summed E-state index contributed by atoms with van der Waals surface area (Å²) in [5.41, 5.74) is 0.625. The molecule has 0 atom stereocenters. The van der Waals surface area contributed by atoms with Crippen LogP contribution in [0, 0.1) is 6.92 Å². The number of aryl methyl sites for hydroxylation is 1. The van der Waals surface area contributed by atoms with Crippen LogP contribution < -0.4 is 10.6 Å². The van der Waals surface area contributed by atoms with Gasteiger partial charge in [0.25, 0.3) is 5.91 Å². The second-order valence-corrected chi connectivity index (χ2v) is 6.53. The van der Waals surface area contributed by atoms with Gasteiger partial charge in [-0.15, -0.1) is 24.2 Å². The molecule has 0 unspecified atom stereocenters. The SMILES string of the molecule is COC1(C(=O)NCCSc2ccc(C)cc2)CCNCC1.Cl. The first kappa shape index (κ1) is 19.3. The van der Waals surface area contributed by atoms with Crippen molar-refractivity contribution in [2.45, 2.75) is 30.3 Å². The van der Waals surface area contributed by atoms with E-state index in [1.54, 1.807) is 18.9 Å². The van der Waals surface area contributed by atoms with Crippen LogP contribution in [0.15, 0.2) is 29.2 Å². The molecule has 1 heterocycles. The molecule has 0 spiro atoms. The summed E-state index contributed by atoms with van der Waals surface area (Å²) in [4.78, 5) is 13.6. The average Bonchev–Trinajstić information content (AvgIpc) is 2.53. The van der Waals surface area contributed by atoms with E-state index in [0.717, 1.165) is 31.7 Å². The molecule has 0 radical (unpaired) electrons. The van der Waals surface area contributed by atoms with Gasteiger partial charge in [0, 0.05) is 24.3 Å². The Bertz CT molecular complexity index is 462. The number of piperidine rings is 1. The average molecular weight is 345 g/mol. The van der Waals surface area contributed by atoms with Gasteiger partial charge in [-0.1, -0.05) is 17.7 Å². The zero-order chi connectivity index (χ0) is 15.1. The van der Waals surface area contributed by atoms with Gasteiger partial charge in [0.05, 0.1) is 0 Å². The smallest absolute Gasteiger partial charge is 0.252 e. The van der Waals surface area contributed by atoms with Gasteiger partial charge in [-0.3, -0.25) is 4.79 Å². The lowest BCUT2D eigenvalue weighted by atomic mass is 9.91. The zero-order valence-electron chi connectivity index (χ0n) is 13.2. The minimum atomic E-state index is -0.639. The molecule has 0 saturated carbocycles. The quantitative estimate of drug-likeness (QED) is 0.614. The maximum absolute atomic E-state index is 12.3. The Labute approximate surface area is 143 Å². The third-order valence-corrected chi connectivity index (χ3v) is 4.91. The molecule has 22 heavy (non-hydrogen) atoms. The Hall–Kier alpha value is -0.750. The van der Waals surface area contributed by atoms with E-state index in [0.29, 0.717) is 6.54 Å². The number of hydrogen-bond donors (Lipinski definition) is 2. The molecule has 1 aliphatic heterocycles. The number of rotatable bonds is 6. The Morgan fingerprint density at radius 2 is 1.95 bits per heavy atom. The van der Waals surface area contributed by atoms with Crippen molar-refractivity contribution in [3.63, 3.8) is 0 Å². The van der Waals surface area contributed by atoms with Crippen molar-refractivity contribution in [1.29, 1.82) is 0 Å². The molecular formula is C16H25ClN2O2S. The van der Waals surface area contributed by atoms with Crippen LogP contribution in [0.1, 0.15) is 18.4 Å². The van der Waals surface area contributed by atoms with Crippen molar-refractivity contribution >= 4 is 30.1 Å². The molecule has 4 nitrogen and oxygen atoms in total. The number of ether oxygens (including phenoxy) is 1. The van der Waals surface area contributed by atoms with Gasteiger partial charge in [-0.2, -0.15) is 0 Å². The molecule has 1 aromatic carbocycles. The summed E-state index contributed by atoms with van der Waals surface area (Å²) in [6, 6.07) is 8.45. The standard InChI is InChI=1S/C16H24N2O2S.ClH/c1-13-3-5-14(6-4-13)21-12-11-18-15(19)16(20-2)7-9-17-10-8-16;/h3-6,17H,7-12H2,1-2H3,(H,18,19);1H. The highest BCUT2D eigenvalue weighted by Gasteiger charge is 2.39. The first-order chi connectivity index (χ1) is 10.2. The van der Waals surface area contributed by atoms with Crippen molar-refractivity contribution in [2.24, 2.45) is 0 Å². The molecular weight excluding hydrogens is 320 g/mol. The van der Waals surface area contributed by atoms with Crippen LogP contribution in [0.2, 0.25) is 0 Å². The number of carbonyl (C=O) groups excluding carboxylic acids is 1. The van der Waals surface area contributed by atoms with Gasteiger partial charge < -0.3 is 15.4 Å². The van der Waals surface area contributed by atoms with E-state index in [-0.39, 0.29) is 18.3 Å². The Morgan fingerprint density at radius 3 is 2.55 bits per heavy atom. The predicted molar refractivity (Wildman–Crippen MR) is 94.0 cm³/mol. The van der Waals surface area contributed by atoms with Crippen molar-refractivity contribution in [2.75, 3.05) is 32.5 Å². The first-order valence-electron chi connectivity index (χ1n) is 7.40. The molecule has 6 heteroatoms. The van der Waals surface area contributed by atoms with Crippen LogP contribution in [-0.2, 0) is 9.53 Å². The lowest BCUT2D eigenvalue weighted by Crippen LogP contribution is -2.54. The second kappa shape index (κ2) is 9.40. The summed E-state index contributed by atoms with van der Waals surface area (Å²) in [5, 5.41) is 6.27. The van der Waals surface area contributed by atoms with Gasteiger partial charge in [-0.25, -0.2) is 0 Å². The van der Waals surface area contributed by atoms with E-state index < -0.39 is 5.60 Å². The van der Waals surface area contributed by atoms with E-state index >= 15 is 0 Å². The minimum Gasteiger partial charge on any atom is -0.368 e. The van der Waals surface area contributed by atoms with Crippen molar-refractivity contribution < 1.29 is 9.53 Å². The number of amides is 1. The first-order valence-corrected chi connectivity index (χ1v) is 8.38. The molecule has 1 fully saturated rings. The fraction of sp³-hybridized carbons (Fsp3) is 0.562. The van der Waals surface area contributed by atoms with E-state index in [4.69, 9.17) is 4.74 Å². The van der Waals surface area contributed by atoms with Crippen LogP contribution in [0.3, 0.4) is 0 Å². The maximum atomic E-state index is 12.3. The highest BCUT2D eigenvalue weighted by molar-refractivity contribution is 7.99. The van der Waals surface area contributed by atoms with Crippen molar-refractivity contribution in [3.05, 3.63) is 29.8 Å². The fourth-order valence-corrected chi connectivity index (χ4v) is 3.25. The number of methoxy groups -OCH3 is 1. The molecule has 1 aromatic rings. The van der Waals surface area contributed by atoms with E-state index in [9.17, 15) is 4.79 Å².